The van der Waals surface area contributed by atoms with Crippen molar-refractivity contribution in [3.05, 3.63) is 54.1 Å². The molecule has 2 aromatic rings. The Morgan fingerprint density at radius 1 is 1.11 bits per heavy atom. The Bertz CT molecular complexity index is 880. The van der Waals surface area contributed by atoms with Gasteiger partial charge in [-0.1, -0.05) is 24.3 Å². The monoisotopic (exact) mass is 365 g/mol. The van der Waals surface area contributed by atoms with Gasteiger partial charge in [-0.2, -0.15) is 5.10 Å². The quantitative estimate of drug-likeness (QED) is 0.818. The first-order valence-electron chi connectivity index (χ1n) is 9.09. The fraction of sp³-hybridized carbons (Fsp3) is 0.333. The molecule has 1 atom stereocenters. The van der Waals surface area contributed by atoms with Gasteiger partial charge >= 0.3 is 0 Å². The van der Waals surface area contributed by atoms with Gasteiger partial charge in [-0.3, -0.25) is 9.69 Å². The maximum Gasteiger partial charge on any atom is 0.256 e. The summed E-state index contributed by atoms with van der Waals surface area (Å²) >= 11 is 0. The molecule has 1 fully saturated rings. The first kappa shape index (κ1) is 17.5. The smallest absolute Gasteiger partial charge is 0.256 e. The molecule has 0 saturated carbocycles. The number of carbonyl (C=O) groups excluding carboxylic acids is 1. The number of piperidine rings is 1. The third-order valence-electron chi connectivity index (χ3n) is 5.14. The number of hydrogen-bond donors (Lipinski definition) is 0. The Morgan fingerprint density at radius 3 is 2.78 bits per heavy atom. The van der Waals surface area contributed by atoms with Crippen molar-refractivity contribution in [3.8, 4) is 11.5 Å². The van der Waals surface area contributed by atoms with Gasteiger partial charge in [0.15, 0.2) is 0 Å². The van der Waals surface area contributed by atoms with E-state index < -0.39 is 0 Å². The van der Waals surface area contributed by atoms with Crippen LogP contribution in [0.1, 0.15) is 12.0 Å². The van der Waals surface area contributed by atoms with E-state index in [1.807, 2.05) is 42.5 Å². The Morgan fingerprint density at radius 2 is 1.96 bits per heavy atom. The molecule has 0 aromatic heterocycles. The zero-order chi connectivity index (χ0) is 18.8. The lowest BCUT2D eigenvalue weighted by Gasteiger charge is -2.29. The maximum absolute atomic E-state index is 12.8. The number of benzene rings is 2. The molecule has 140 valence electrons. The van der Waals surface area contributed by atoms with Crippen LogP contribution in [-0.4, -0.2) is 43.8 Å². The molecule has 1 amide bonds. The zero-order valence-corrected chi connectivity index (χ0v) is 15.6. The molecule has 2 aromatic carbocycles. The van der Waals surface area contributed by atoms with Crippen LogP contribution < -0.4 is 14.5 Å². The van der Waals surface area contributed by atoms with Crippen molar-refractivity contribution in [2.24, 2.45) is 11.0 Å². The van der Waals surface area contributed by atoms with E-state index in [9.17, 15) is 4.79 Å². The van der Waals surface area contributed by atoms with Gasteiger partial charge in [0.25, 0.3) is 5.91 Å². The summed E-state index contributed by atoms with van der Waals surface area (Å²) in [6, 6.07) is 15.5. The Balaban J connectivity index is 1.52. The van der Waals surface area contributed by atoms with Gasteiger partial charge < -0.3 is 9.47 Å². The standard InChI is InChI=1S/C21H23N3O3/c1-26-17-8-5-7-16(12-17)24-21(25)18-10-11-23(14-19(18)22-24)13-15-6-3-4-9-20(15)27-2/h3-9,12,18H,10-11,13-14H2,1-2H3. The summed E-state index contributed by atoms with van der Waals surface area (Å²) in [5, 5.41) is 6.17. The van der Waals surface area contributed by atoms with E-state index in [0.29, 0.717) is 12.3 Å². The molecule has 27 heavy (non-hydrogen) atoms. The third-order valence-corrected chi connectivity index (χ3v) is 5.14. The second kappa shape index (κ2) is 7.40. The SMILES string of the molecule is COc1cccc(N2N=C3CN(Cc4ccccc4OC)CCC3C2=O)c1. The molecular weight excluding hydrogens is 342 g/mol. The maximum atomic E-state index is 12.8. The van der Waals surface area contributed by atoms with E-state index in [-0.39, 0.29) is 11.8 Å². The van der Waals surface area contributed by atoms with Crippen LogP contribution in [0.3, 0.4) is 0 Å². The van der Waals surface area contributed by atoms with E-state index >= 15 is 0 Å². The molecule has 2 aliphatic heterocycles. The average molecular weight is 365 g/mol. The predicted molar refractivity (Wildman–Crippen MR) is 104 cm³/mol. The summed E-state index contributed by atoms with van der Waals surface area (Å²) in [6.45, 7) is 2.33. The minimum Gasteiger partial charge on any atom is -0.497 e. The van der Waals surface area contributed by atoms with Crippen molar-refractivity contribution >= 4 is 17.3 Å². The highest BCUT2D eigenvalue weighted by atomic mass is 16.5. The van der Waals surface area contributed by atoms with Crippen LogP contribution in [0.2, 0.25) is 0 Å². The van der Waals surface area contributed by atoms with Gasteiger partial charge in [0.1, 0.15) is 11.5 Å². The van der Waals surface area contributed by atoms with Gasteiger partial charge in [0, 0.05) is 31.3 Å². The van der Waals surface area contributed by atoms with E-state index in [1.54, 1.807) is 14.2 Å². The lowest BCUT2D eigenvalue weighted by molar-refractivity contribution is -0.120. The van der Waals surface area contributed by atoms with E-state index in [1.165, 1.54) is 5.01 Å². The molecule has 0 aliphatic carbocycles. The summed E-state index contributed by atoms with van der Waals surface area (Å²) in [7, 11) is 3.31. The molecular formula is C21H23N3O3. The van der Waals surface area contributed by atoms with E-state index in [0.717, 1.165) is 42.2 Å². The Labute approximate surface area is 159 Å². The average Bonchev–Trinajstić information content (AvgIpc) is 3.04. The second-order valence-corrected chi connectivity index (χ2v) is 6.81. The highest BCUT2D eigenvalue weighted by Crippen LogP contribution is 2.31. The second-order valence-electron chi connectivity index (χ2n) is 6.81. The van der Waals surface area contributed by atoms with Gasteiger partial charge in [0.05, 0.1) is 31.5 Å². The Hall–Kier alpha value is -2.86. The summed E-state index contributed by atoms with van der Waals surface area (Å²) in [4.78, 5) is 15.2. The number of ether oxygens (including phenoxy) is 2. The molecule has 1 unspecified atom stereocenters. The van der Waals surface area contributed by atoms with Crippen LogP contribution in [0, 0.1) is 5.92 Å². The number of rotatable bonds is 5. The number of carbonyl (C=O) groups is 1. The van der Waals surface area contributed by atoms with Crippen molar-refractivity contribution in [2.75, 3.05) is 32.3 Å². The van der Waals surface area contributed by atoms with Crippen molar-refractivity contribution in [2.45, 2.75) is 13.0 Å². The normalized spacial score (nSPS) is 19.6. The fourth-order valence-corrected chi connectivity index (χ4v) is 3.73. The molecule has 2 heterocycles. The van der Waals surface area contributed by atoms with Gasteiger partial charge in [-0.05, 0) is 24.6 Å². The Kier molecular flexibility index (Phi) is 4.81. The molecule has 2 aliphatic rings. The summed E-state index contributed by atoms with van der Waals surface area (Å²) in [6.07, 6.45) is 0.785. The van der Waals surface area contributed by atoms with Crippen molar-refractivity contribution in [1.82, 2.24) is 4.90 Å². The number of methoxy groups -OCH3 is 2. The number of hydrogen-bond acceptors (Lipinski definition) is 5. The number of fused-ring (bicyclic) bond motifs is 1. The van der Waals surface area contributed by atoms with Crippen LogP contribution in [0.25, 0.3) is 0 Å². The molecule has 0 spiro atoms. The number of nitrogens with zero attached hydrogens (tertiary/aromatic N) is 3. The summed E-state index contributed by atoms with van der Waals surface area (Å²) in [5.41, 5.74) is 2.83. The lowest BCUT2D eigenvalue weighted by atomic mass is 9.94. The van der Waals surface area contributed by atoms with E-state index in [2.05, 4.69) is 16.1 Å². The number of hydrazone groups is 1. The van der Waals surface area contributed by atoms with E-state index in [4.69, 9.17) is 9.47 Å². The molecule has 0 radical (unpaired) electrons. The predicted octanol–water partition coefficient (Wildman–Crippen LogP) is 2.93. The van der Waals surface area contributed by atoms with Crippen LogP contribution >= 0.6 is 0 Å². The first-order valence-corrected chi connectivity index (χ1v) is 9.09. The molecule has 6 heteroatoms. The fourth-order valence-electron chi connectivity index (χ4n) is 3.73. The number of likely N-dealkylation sites (tertiary alicyclic amines) is 1. The van der Waals surface area contributed by atoms with Gasteiger partial charge in [-0.15, -0.1) is 0 Å². The van der Waals surface area contributed by atoms with Crippen molar-refractivity contribution < 1.29 is 14.3 Å². The molecule has 6 nitrogen and oxygen atoms in total. The van der Waals surface area contributed by atoms with Crippen LogP contribution in [0.5, 0.6) is 11.5 Å². The zero-order valence-electron chi connectivity index (χ0n) is 15.6. The van der Waals surface area contributed by atoms with Crippen molar-refractivity contribution in [1.29, 1.82) is 0 Å². The summed E-state index contributed by atoms with van der Waals surface area (Å²) in [5.74, 6) is 1.54. The highest BCUT2D eigenvalue weighted by molar-refractivity contribution is 6.16. The van der Waals surface area contributed by atoms with Crippen molar-refractivity contribution in [3.63, 3.8) is 0 Å². The number of amides is 1. The largest absolute Gasteiger partial charge is 0.497 e. The van der Waals surface area contributed by atoms with Crippen LogP contribution in [-0.2, 0) is 11.3 Å². The minimum atomic E-state index is -0.120. The molecule has 0 N–H and O–H groups in total. The lowest BCUT2D eigenvalue weighted by Crippen LogP contribution is -2.41. The van der Waals surface area contributed by atoms with Crippen LogP contribution in [0.15, 0.2) is 53.6 Å². The molecule has 4 rings (SSSR count). The van der Waals surface area contributed by atoms with Gasteiger partial charge in [0.2, 0.25) is 0 Å². The van der Waals surface area contributed by atoms with Crippen LogP contribution in [0.4, 0.5) is 5.69 Å². The topological polar surface area (TPSA) is 54.4 Å². The number of anilines is 1. The summed E-state index contributed by atoms with van der Waals surface area (Å²) < 4.78 is 10.7. The molecule has 1 saturated heterocycles. The number of para-hydroxylation sites is 1. The minimum absolute atomic E-state index is 0.0511. The van der Waals surface area contributed by atoms with Gasteiger partial charge in [-0.25, -0.2) is 5.01 Å². The highest BCUT2D eigenvalue weighted by Gasteiger charge is 2.40. The third kappa shape index (κ3) is 3.40. The molecule has 0 bridgehead atoms. The first-order chi connectivity index (χ1) is 13.2.